The second-order valence-electron chi connectivity index (χ2n) is 4.82. The molecule has 1 fully saturated rings. The molecule has 1 atom stereocenters. The largest absolute Gasteiger partial charge is 0.506 e. The molecule has 1 amide bonds. The molecule has 1 heterocycles. The smallest absolute Gasteiger partial charge is 0.263 e. The Labute approximate surface area is 133 Å². The highest BCUT2D eigenvalue weighted by Crippen LogP contribution is 2.26. The number of hydrogen-bond donors (Lipinski definition) is 3. The van der Waals surface area contributed by atoms with Gasteiger partial charge in [-0.05, 0) is 31.0 Å². The van der Waals surface area contributed by atoms with Gasteiger partial charge in [0.25, 0.3) is 5.91 Å². The van der Waals surface area contributed by atoms with E-state index in [0.29, 0.717) is 23.9 Å². The van der Waals surface area contributed by atoms with Crippen molar-refractivity contribution in [3.63, 3.8) is 0 Å². The Kier molecular flexibility index (Phi) is 5.64. The Morgan fingerprint density at radius 1 is 1.59 bits per heavy atom. The third-order valence-corrected chi connectivity index (χ3v) is 3.45. The number of nitrogens with zero attached hydrogens (tertiary/aromatic N) is 1. The summed E-state index contributed by atoms with van der Waals surface area (Å²) in [5.41, 5.74) is 0.213. The molecule has 1 unspecified atom stereocenters. The molecule has 1 aromatic carbocycles. The summed E-state index contributed by atoms with van der Waals surface area (Å²) in [7, 11) is 0. The predicted octanol–water partition coefficient (Wildman–Crippen LogP) is 2.16. The molecule has 1 aliphatic rings. The first-order valence-electron chi connectivity index (χ1n) is 6.85. The van der Waals surface area contributed by atoms with Gasteiger partial charge in [0.15, 0.2) is 0 Å². The van der Waals surface area contributed by atoms with Crippen LogP contribution in [0.1, 0.15) is 12.8 Å². The maximum Gasteiger partial charge on any atom is 0.263 e. The third kappa shape index (κ3) is 4.38. The van der Waals surface area contributed by atoms with Crippen molar-refractivity contribution in [2.24, 2.45) is 0 Å². The van der Waals surface area contributed by atoms with Crippen LogP contribution in [0.3, 0.4) is 0 Å². The lowest BCUT2D eigenvalue weighted by atomic mass is 10.2. The number of phenols is 1. The Morgan fingerprint density at radius 3 is 3.09 bits per heavy atom. The Hall–Kier alpha value is -2.23. The molecule has 1 aliphatic heterocycles. The summed E-state index contributed by atoms with van der Waals surface area (Å²) in [5, 5.41) is 24.5. The first-order valence-corrected chi connectivity index (χ1v) is 7.23. The first-order chi connectivity index (χ1) is 10.6. The molecule has 6 nitrogen and oxygen atoms in total. The highest BCUT2D eigenvalue weighted by atomic mass is 35.5. The van der Waals surface area contributed by atoms with Crippen LogP contribution in [0.4, 0.5) is 5.69 Å². The molecule has 1 saturated heterocycles. The zero-order valence-electron chi connectivity index (χ0n) is 11.8. The quantitative estimate of drug-likeness (QED) is 0.439. The average molecular weight is 322 g/mol. The molecule has 0 spiro atoms. The highest BCUT2D eigenvalue weighted by molar-refractivity contribution is 6.30. The second kappa shape index (κ2) is 7.69. The van der Waals surface area contributed by atoms with Gasteiger partial charge in [-0.1, -0.05) is 11.6 Å². The van der Waals surface area contributed by atoms with E-state index in [-0.39, 0.29) is 17.4 Å². The van der Waals surface area contributed by atoms with Gasteiger partial charge in [0.1, 0.15) is 17.4 Å². The topological polar surface area (TPSA) is 94.4 Å². The Balaban J connectivity index is 1.96. The van der Waals surface area contributed by atoms with E-state index >= 15 is 0 Å². The second-order valence-corrected chi connectivity index (χ2v) is 5.26. The summed E-state index contributed by atoms with van der Waals surface area (Å²) >= 11 is 5.82. The number of nitriles is 1. The normalized spacial score (nSPS) is 17.8. The van der Waals surface area contributed by atoms with Crippen LogP contribution >= 0.6 is 11.6 Å². The lowest BCUT2D eigenvalue weighted by Crippen LogP contribution is -2.32. The van der Waals surface area contributed by atoms with Crippen molar-refractivity contribution in [1.82, 2.24) is 5.32 Å². The van der Waals surface area contributed by atoms with Gasteiger partial charge in [-0.15, -0.1) is 0 Å². The van der Waals surface area contributed by atoms with Gasteiger partial charge in [0, 0.05) is 24.4 Å². The molecule has 0 saturated carbocycles. The first kappa shape index (κ1) is 16.1. The molecule has 1 aromatic rings. The number of halogens is 1. The lowest BCUT2D eigenvalue weighted by Gasteiger charge is -2.10. The van der Waals surface area contributed by atoms with E-state index in [4.69, 9.17) is 21.6 Å². The van der Waals surface area contributed by atoms with Gasteiger partial charge in [0.2, 0.25) is 0 Å². The van der Waals surface area contributed by atoms with Gasteiger partial charge in [-0.3, -0.25) is 4.79 Å². The molecule has 0 aliphatic carbocycles. The van der Waals surface area contributed by atoms with Gasteiger partial charge >= 0.3 is 0 Å². The van der Waals surface area contributed by atoms with Crippen LogP contribution in [0.25, 0.3) is 0 Å². The minimum absolute atomic E-state index is 0.00817. The lowest BCUT2D eigenvalue weighted by molar-refractivity contribution is -0.117. The molecule has 7 heteroatoms. The zero-order chi connectivity index (χ0) is 15.9. The molecular formula is C15H16ClN3O3. The van der Waals surface area contributed by atoms with Crippen molar-refractivity contribution < 1.29 is 14.6 Å². The highest BCUT2D eigenvalue weighted by Gasteiger charge is 2.17. The predicted molar refractivity (Wildman–Crippen MR) is 82.4 cm³/mol. The number of aromatic hydroxyl groups is 1. The van der Waals surface area contributed by atoms with Crippen LogP contribution in [-0.4, -0.2) is 30.3 Å². The SMILES string of the molecule is N#C/C(=C/Nc1cc(Cl)ccc1O)C(=O)NCC1CCCO1. The van der Waals surface area contributed by atoms with E-state index in [2.05, 4.69) is 10.6 Å². The molecular weight excluding hydrogens is 306 g/mol. The summed E-state index contributed by atoms with van der Waals surface area (Å²) in [6, 6.07) is 6.26. The minimum atomic E-state index is -0.494. The Morgan fingerprint density at radius 2 is 2.41 bits per heavy atom. The zero-order valence-corrected chi connectivity index (χ0v) is 12.6. The molecule has 0 bridgehead atoms. The molecule has 0 radical (unpaired) electrons. The molecule has 22 heavy (non-hydrogen) atoms. The average Bonchev–Trinajstić information content (AvgIpc) is 3.02. The van der Waals surface area contributed by atoms with E-state index in [1.165, 1.54) is 24.4 Å². The third-order valence-electron chi connectivity index (χ3n) is 3.21. The molecule has 3 N–H and O–H groups in total. The van der Waals surface area contributed by atoms with Gasteiger partial charge in [-0.2, -0.15) is 5.26 Å². The summed E-state index contributed by atoms with van der Waals surface area (Å²) in [6.45, 7) is 1.08. The number of ether oxygens (including phenoxy) is 1. The van der Waals surface area contributed by atoms with Crippen LogP contribution in [-0.2, 0) is 9.53 Å². The van der Waals surface area contributed by atoms with Crippen molar-refractivity contribution in [2.75, 3.05) is 18.5 Å². The molecule has 0 aromatic heterocycles. The summed E-state index contributed by atoms with van der Waals surface area (Å²) in [4.78, 5) is 11.9. The van der Waals surface area contributed by atoms with E-state index in [9.17, 15) is 9.90 Å². The summed E-state index contributed by atoms with van der Waals surface area (Å²) in [5.74, 6) is -0.523. The van der Waals surface area contributed by atoms with Crippen molar-refractivity contribution in [3.8, 4) is 11.8 Å². The van der Waals surface area contributed by atoms with Crippen molar-refractivity contribution in [3.05, 3.63) is 35.0 Å². The van der Waals surface area contributed by atoms with Gasteiger partial charge in [-0.25, -0.2) is 0 Å². The number of nitrogens with one attached hydrogen (secondary N) is 2. The standard InChI is InChI=1S/C15H16ClN3O3/c16-11-3-4-14(20)13(6-11)18-8-10(7-17)15(21)19-9-12-2-1-5-22-12/h3-4,6,8,12,18,20H,1-2,5,9H2,(H,19,21)/b10-8-. The van der Waals surface area contributed by atoms with Crippen LogP contribution < -0.4 is 10.6 Å². The van der Waals surface area contributed by atoms with E-state index < -0.39 is 5.91 Å². The van der Waals surface area contributed by atoms with E-state index in [1.807, 2.05) is 6.07 Å². The maximum absolute atomic E-state index is 11.9. The van der Waals surface area contributed by atoms with E-state index in [1.54, 1.807) is 0 Å². The Bertz CT molecular complexity index is 619. The van der Waals surface area contributed by atoms with Gasteiger partial charge in [0.05, 0.1) is 11.8 Å². The fourth-order valence-corrected chi connectivity index (χ4v) is 2.20. The number of anilines is 1. The number of carbonyl (C=O) groups is 1. The number of benzene rings is 1. The summed E-state index contributed by atoms with van der Waals surface area (Å²) < 4.78 is 5.39. The van der Waals surface area contributed by atoms with E-state index in [0.717, 1.165) is 12.8 Å². The van der Waals surface area contributed by atoms with Crippen LogP contribution in [0.5, 0.6) is 5.75 Å². The number of rotatable bonds is 5. The molecule has 116 valence electrons. The molecule has 2 rings (SSSR count). The van der Waals surface area contributed by atoms with Crippen LogP contribution in [0, 0.1) is 11.3 Å². The van der Waals surface area contributed by atoms with Crippen molar-refractivity contribution in [1.29, 1.82) is 5.26 Å². The number of phenolic OH excluding ortho intramolecular Hbond substituents is 1. The van der Waals surface area contributed by atoms with Crippen molar-refractivity contribution in [2.45, 2.75) is 18.9 Å². The fourth-order valence-electron chi connectivity index (χ4n) is 2.03. The van der Waals surface area contributed by atoms with Crippen molar-refractivity contribution >= 4 is 23.2 Å². The monoisotopic (exact) mass is 321 g/mol. The van der Waals surface area contributed by atoms with Gasteiger partial charge < -0.3 is 20.5 Å². The minimum Gasteiger partial charge on any atom is -0.506 e. The van der Waals surface area contributed by atoms with Crippen LogP contribution in [0.2, 0.25) is 5.02 Å². The number of hydrogen-bond acceptors (Lipinski definition) is 5. The number of amides is 1. The summed E-state index contributed by atoms with van der Waals surface area (Å²) in [6.07, 6.45) is 3.13. The van der Waals surface area contributed by atoms with Crippen LogP contribution in [0.15, 0.2) is 30.0 Å². The maximum atomic E-state index is 11.9. The fraction of sp³-hybridized carbons (Fsp3) is 0.333. The number of carbonyl (C=O) groups excluding carboxylic acids is 1.